The van der Waals surface area contributed by atoms with Gasteiger partial charge in [0.15, 0.2) is 0 Å². The number of rotatable bonds is 2. The second-order valence-electron chi connectivity index (χ2n) is 3.54. The Morgan fingerprint density at radius 2 is 1.90 bits per heavy atom. The van der Waals surface area contributed by atoms with Gasteiger partial charge in [-0.2, -0.15) is 0 Å². The van der Waals surface area contributed by atoms with Crippen LogP contribution in [0.5, 0.6) is 0 Å². The smallest absolute Gasteiger partial charge is 0.0296 e. The third-order valence-corrected chi connectivity index (χ3v) is 1.80. The molecule has 0 N–H and O–H groups in total. The topological polar surface area (TPSA) is 3.24 Å². The van der Waals surface area contributed by atoms with Gasteiger partial charge in [0, 0.05) is 16.6 Å². The van der Waals surface area contributed by atoms with Crippen molar-refractivity contribution in [2.75, 3.05) is 13.6 Å². The van der Waals surface area contributed by atoms with Gasteiger partial charge in [-0.25, -0.2) is 0 Å². The maximum Gasteiger partial charge on any atom is 0.0296 e. The van der Waals surface area contributed by atoms with E-state index in [-0.39, 0.29) is 5.54 Å². The lowest BCUT2D eigenvalue weighted by Gasteiger charge is -2.31. The Hall–Kier alpha value is 0.180. The molecule has 60 valence electrons. The van der Waals surface area contributed by atoms with Crippen molar-refractivity contribution >= 4 is 15.9 Å². The molecule has 0 saturated heterocycles. The van der Waals surface area contributed by atoms with Crippen LogP contribution in [0.3, 0.4) is 0 Å². The summed E-state index contributed by atoms with van der Waals surface area (Å²) in [6.07, 6.45) is 0. The van der Waals surface area contributed by atoms with Gasteiger partial charge in [0.2, 0.25) is 0 Å². The SMILES string of the molecule is C=C(Br)CN(C)C(C)(C)C. The minimum atomic E-state index is 0.233. The molecule has 0 atom stereocenters. The molecular weight excluding hydrogens is 190 g/mol. The summed E-state index contributed by atoms with van der Waals surface area (Å²) in [6, 6.07) is 0. The fourth-order valence-corrected chi connectivity index (χ4v) is 0.871. The summed E-state index contributed by atoms with van der Waals surface area (Å²) in [5.74, 6) is 0. The van der Waals surface area contributed by atoms with Crippen LogP contribution in [0.4, 0.5) is 0 Å². The van der Waals surface area contributed by atoms with Gasteiger partial charge in [0.1, 0.15) is 0 Å². The van der Waals surface area contributed by atoms with Crippen molar-refractivity contribution in [1.29, 1.82) is 0 Å². The molecule has 0 rings (SSSR count). The lowest BCUT2D eigenvalue weighted by molar-refractivity contribution is 0.194. The lowest BCUT2D eigenvalue weighted by Crippen LogP contribution is -2.38. The van der Waals surface area contributed by atoms with Crippen molar-refractivity contribution in [3.63, 3.8) is 0 Å². The van der Waals surface area contributed by atoms with E-state index in [0.717, 1.165) is 11.0 Å². The Balaban J connectivity index is 3.85. The standard InChI is InChI=1S/C8H16BrN/c1-7(9)6-10(5)8(2,3)4/h1,6H2,2-5H3. The molecule has 0 amide bonds. The van der Waals surface area contributed by atoms with Gasteiger partial charge in [-0.3, -0.25) is 4.90 Å². The first-order valence-corrected chi connectivity index (χ1v) is 4.18. The highest BCUT2D eigenvalue weighted by molar-refractivity contribution is 9.11. The zero-order valence-corrected chi connectivity index (χ0v) is 8.83. The minimum Gasteiger partial charge on any atom is -0.297 e. The summed E-state index contributed by atoms with van der Waals surface area (Å²) in [6.45, 7) is 11.2. The summed E-state index contributed by atoms with van der Waals surface area (Å²) < 4.78 is 1.03. The maximum absolute atomic E-state index is 3.78. The van der Waals surface area contributed by atoms with E-state index in [1.165, 1.54) is 0 Å². The molecule has 0 fully saturated rings. The Labute approximate surface area is 72.2 Å². The van der Waals surface area contributed by atoms with E-state index in [0.29, 0.717) is 0 Å². The van der Waals surface area contributed by atoms with Crippen molar-refractivity contribution in [2.24, 2.45) is 0 Å². The zero-order valence-electron chi connectivity index (χ0n) is 7.24. The summed E-state index contributed by atoms with van der Waals surface area (Å²) in [4.78, 5) is 2.24. The molecule has 0 aromatic heterocycles. The highest BCUT2D eigenvalue weighted by atomic mass is 79.9. The van der Waals surface area contributed by atoms with Crippen LogP contribution in [0, 0.1) is 0 Å². The molecule has 0 aliphatic heterocycles. The van der Waals surface area contributed by atoms with E-state index in [4.69, 9.17) is 0 Å². The van der Waals surface area contributed by atoms with Crippen molar-refractivity contribution < 1.29 is 0 Å². The van der Waals surface area contributed by atoms with Crippen LogP contribution < -0.4 is 0 Å². The molecule has 2 heteroatoms. The molecule has 0 unspecified atom stereocenters. The maximum atomic E-state index is 3.78. The molecule has 0 bridgehead atoms. The molecule has 0 aromatic rings. The fourth-order valence-electron chi connectivity index (χ4n) is 0.495. The Kier molecular flexibility index (Phi) is 3.60. The number of likely N-dealkylation sites (N-methyl/N-ethyl adjacent to an activating group) is 1. The summed E-state index contributed by atoms with van der Waals surface area (Å²) in [5.41, 5.74) is 0.233. The van der Waals surface area contributed by atoms with Crippen LogP contribution in [0.25, 0.3) is 0 Å². The average molecular weight is 206 g/mol. The van der Waals surface area contributed by atoms with Gasteiger partial charge >= 0.3 is 0 Å². The normalized spacial score (nSPS) is 12.2. The lowest BCUT2D eigenvalue weighted by atomic mass is 10.1. The van der Waals surface area contributed by atoms with E-state index in [9.17, 15) is 0 Å². The Bertz CT molecular complexity index is 124. The van der Waals surface area contributed by atoms with Crippen LogP contribution in [0.2, 0.25) is 0 Å². The number of nitrogens with zero attached hydrogens (tertiary/aromatic N) is 1. The van der Waals surface area contributed by atoms with Crippen molar-refractivity contribution in [3.05, 3.63) is 11.1 Å². The van der Waals surface area contributed by atoms with Gasteiger partial charge in [0.05, 0.1) is 0 Å². The van der Waals surface area contributed by atoms with E-state index < -0.39 is 0 Å². The van der Waals surface area contributed by atoms with E-state index in [1.807, 2.05) is 0 Å². The third-order valence-electron chi connectivity index (χ3n) is 1.55. The Morgan fingerprint density at radius 1 is 1.50 bits per heavy atom. The molecule has 0 aliphatic rings. The largest absolute Gasteiger partial charge is 0.297 e. The molecule has 0 spiro atoms. The van der Waals surface area contributed by atoms with Crippen LogP contribution in [0.1, 0.15) is 20.8 Å². The molecular formula is C8H16BrN. The van der Waals surface area contributed by atoms with Crippen molar-refractivity contribution in [1.82, 2.24) is 4.90 Å². The molecule has 0 aliphatic carbocycles. The molecule has 0 radical (unpaired) electrons. The van der Waals surface area contributed by atoms with Gasteiger partial charge in [-0.15, -0.1) is 0 Å². The monoisotopic (exact) mass is 205 g/mol. The van der Waals surface area contributed by atoms with Crippen LogP contribution in [0.15, 0.2) is 11.1 Å². The molecule has 0 heterocycles. The predicted molar refractivity (Wildman–Crippen MR) is 50.5 cm³/mol. The predicted octanol–water partition coefficient (Wildman–Crippen LogP) is 2.63. The van der Waals surface area contributed by atoms with E-state index in [1.54, 1.807) is 0 Å². The third kappa shape index (κ3) is 4.07. The van der Waals surface area contributed by atoms with Gasteiger partial charge in [0.25, 0.3) is 0 Å². The summed E-state index contributed by atoms with van der Waals surface area (Å²) in [7, 11) is 2.09. The molecule has 10 heavy (non-hydrogen) atoms. The summed E-state index contributed by atoms with van der Waals surface area (Å²) >= 11 is 3.33. The second kappa shape index (κ2) is 3.54. The van der Waals surface area contributed by atoms with Gasteiger partial charge in [-0.1, -0.05) is 22.5 Å². The fraction of sp³-hybridized carbons (Fsp3) is 0.750. The van der Waals surface area contributed by atoms with Crippen LogP contribution in [-0.4, -0.2) is 24.0 Å². The number of hydrogen-bond donors (Lipinski definition) is 0. The number of halogens is 1. The average Bonchev–Trinajstić information content (AvgIpc) is 1.60. The minimum absolute atomic E-state index is 0.233. The first-order valence-electron chi connectivity index (χ1n) is 3.38. The second-order valence-corrected chi connectivity index (χ2v) is 4.67. The zero-order chi connectivity index (χ0) is 8.36. The van der Waals surface area contributed by atoms with Crippen LogP contribution in [-0.2, 0) is 0 Å². The highest BCUT2D eigenvalue weighted by Crippen LogP contribution is 2.13. The van der Waals surface area contributed by atoms with Crippen molar-refractivity contribution in [2.45, 2.75) is 26.3 Å². The van der Waals surface area contributed by atoms with Gasteiger partial charge in [-0.05, 0) is 27.8 Å². The molecule has 1 nitrogen and oxygen atoms in total. The quantitative estimate of drug-likeness (QED) is 0.671. The van der Waals surface area contributed by atoms with Crippen LogP contribution >= 0.6 is 15.9 Å². The Morgan fingerprint density at radius 3 is 2.00 bits per heavy atom. The van der Waals surface area contributed by atoms with E-state index in [2.05, 4.69) is 55.2 Å². The highest BCUT2D eigenvalue weighted by Gasteiger charge is 2.16. The summed E-state index contributed by atoms with van der Waals surface area (Å²) in [5, 5.41) is 0. The molecule has 0 saturated carbocycles. The first kappa shape index (κ1) is 10.2. The first-order chi connectivity index (χ1) is 4.34. The molecule has 0 aromatic carbocycles. The van der Waals surface area contributed by atoms with E-state index >= 15 is 0 Å². The number of hydrogen-bond acceptors (Lipinski definition) is 1. The van der Waals surface area contributed by atoms with Gasteiger partial charge < -0.3 is 0 Å². The van der Waals surface area contributed by atoms with Crippen molar-refractivity contribution in [3.8, 4) is 0 Å².